The maximum atomic E-state index is 12.7. The Labute approximate surface area is 255 Å². The molecule has 1 saturated heterocycles. The minimum absolute atomic E-state index is 0.00631. The number of nitrogens with zero attached hydrogens (tertiary/aromatic N) is 1. The van der Waals surface area contributed by atoms with Gasteiger partial charge in [-0.25, -0.2) is 4.79 Å². The van der Waals surface area contributed by atoms with Crippen LogP contribution in [0, 0.1) is 11.8 Å². The van der Waals surface area contributed by atoms with Crippen molar-refractivity contribution in [3.8, 4) is 11.8 Å². The first-order valence-corrected chi connectivity index (χ1v) is 14.6. The quantitative estimate of drug-likeness (QED) is 0.141. The van der Waals surface area contributed by atoms with Crippen LogP contribution in [0.3, 0.4) is 0 Å². The molecule has 4 rings (SSSR count). The number of amides is 3. The van der Waals surface area contributed by atoms with E-state index in [1.54, 1.807) is 0 Å². The summed E-state index contributed by atoms with van der Waals surface area (Å²) in [6, 6.07) is 15.3. The third kappa shape index (κ3) is 9.61. The molecule has 1 N–H and O–H groups in total. The second-order valence-corrected chi connectivity index (χ2v) is 10.3. The third-order valence-corrected chi connectivity index (χ3v) is 7.01. The lowest BCUT2D eigenvalue weighted by Gasteiger charge is -2.22. The molecule has 11 nitrogen and oxygen atoms in total. The number of fused-ring (bicyclic) bond motifs is 2. The smallest absolute Gasteiger partial charge is 0.333 e. The lowest BCUT2D eigenvalue weighted by atomic mass is 9.92. The fraction of sp³-hybridized carbons (Fsp3) is 0.394. The second kappa shape index (κ2) is 16.1. The molecule has 1 aliphatic heterocycles. The molecule has 230 valence electrons. The molecule has 0 saturated carbocycles. The molecule has 2 aromatic rings. The lowest BCUT2D eigenvalue weighted by molar-refractivity contribution is -0.197. The summed E-state index contributed by atoms with van der Waals surface area (Å²) in [7, 11) is 0. The molecule has 44 heavy (non-hydrogen) atoms. The zero-order chi connectivity index (χ0) is 31.3. The number of carbonyl (C=O) groups excluding carboxylic acids is 6. The Morgan fingerprint density at radius 3 is 2.27 bits per heavy atom. The van der Waals surface area contributed by atoms with E-state index in [1.807, 2.05) is 48.5 Å². The van der Waals surface area contributed by atoms with Crippen LogP contribution < -0.4 is 5.32 Å². The molecular formula is C33H34N2O9. The van der Waals surface area contributed by atoms with Gasteiger partial charge in [0.1, 0.15) is 11.9 Å². The van der Waals surface area contributed by atoms with E-state index in [9.17, 15) is 28.8 Å². The van der Waals surface area contributed by atoms with Gasteiger partial charge in [0.05, 0.1) is 19.4 Å². The maximum Gasteiger partial charge on any atom is 0.333 e. The van der Waals surface area contributed by atoms with Gasteiger partial charge in [0.25, 0.3) is 11.8 Å². The summed E-state index contributed by atoms with van der Waals surface area (Å²) in [6.07, 6.45) is 0.202. The molecule has 1 heterocycles. The SMILES string of the molecule is O=C(CCCOCCNC(=O)CCC(=O)OC1Cc2ccccc2C#Cc2ccccc21)CCC(=O)ON1C(=O)CCC1=O. The van der Waals surface area contributed by atoms with Gasteiger partial charge in [0.15, 0.2) is 0 Å². The summed E-state index contributed by atoms with van der Waals surface area (Å²) in [4.78, 5) is 76.3. The van der Waals surface area contributed by atoms with Crippen LogP contribution >= 0.6 is 0 Å². The van der Waals surface area contributed by atoms with E-state index in [-0.39, 0.29) is 76.4 Å². The Morgan fingerprint density at radius 1 is 0.795 bits per heavy atom. The fourth-order valence-electron chi connectivity index (χ4n) is 4.69. The van der Waals surface area contributed by atoms with Crippen LogP contribution in [0.15, 0.2) is 48.5 Å². The average molecular weight is 603 g/mol. The van der Waals surface area contributed by atoms with Gasteiger partial charge in [0, 0.05) is 68.4 Å². The number of ketones is 1. The van der Waals surface area contributed by atoms with Crippen molar-refractivity contribution in [3.63, 3.8) is 0 Å². The molecule has 2 aromatic carbocycles. The second-order valence-electron chi connectivity index (χ2n) is 10.3. The van der Waals surface area contributed by atoms with Crippen LogP contribution in [0.1, 0.15) is 79.7 Å². The summed E-state index contributed by atoms with van der Waals surface area (Å²) in [5.41, 5.74) is 3.52. The van der Waals surface area contributed by atoms with Gasteiger partial charge < -0.3 is 19.6 Å². The van der Waals surface area contributed by atoms with Crippen molar-refractivity contribution in [2.75, 3.05) is 19.8 Å². The number of hydroxylamine groups is 2. The summed E-state index contributed by atoms with van der Waals surface area (Å²) in [5.74, 6) is 3.46. The van der Waals surface area contributed by atoms with E-state index in [0.29, 0.717) is 17.9 Å². The van der Waals surface area contributed by atoms with E-state index in [2.05, 4.69) is 17.2 Å². The van der Waals surface area contributed by atoms with Crippen molar-refractivity contribution in [1.29, 1.82) is 0 Å². The monoisotopic (exact) mass is 602 g/mol. The normalized spacial score (nSPS) is 15.2. The first-order valence-electron chi connectivity index (χ1n) is 14.6. The predicted molar refractivity (Wildman–Crippen MR) is 155 cm³/mol. The summed E-state index contributed by atoms with van der Waals surface area (Å²) < 4.78 is 11.3. The Morgan fingerprint density at radius 2 is 1.48 bits per heavy atom. The van der Waals surface area contributed by atoms with E-state index >= 15 is 0 Å². The molecule has 0 aromatic heterocycles. The lowest BCUT2D eigenvalue weighted by Crippen LogP contribution is -2.32. The van der Waals surface area contributed by atoms with Crippen LogP contribution in [0.4, 0.5) is 0 Å². The van der Waals surface area contributed by atoms with Crippen molar-refractivity contribution in [2.45, 2.75) is 63.9 Å². The average Bonchev–Trinajstić information content (AvgIpc) is 3.33. The Kier molecular flexibility index (Phi) is 11.8. The third-order valence-electron chi connectivity index (χ3n) is 7.01. The topological polar surface area (TPSA) is 145 Å². The number of carbonyl (C=O) groups is 6. The first kappa shape index (κ1) is 32.1. The van der Waals surface area contributed by atoms with Crippen molar-refractivity contribution < 1.29 is 43.1 Å². The molecule has 1 aliphatic carbocycles. The molecule has 1 fully saturated rings. The number of ether oxygens (including phenoxy) is 2. The maximum absolute atomic E-state index is 12.7. The number of imide groups is 1. The largest absolute Gasteiger partial charge is 0.457 e. The molecule has 0 spiro atoms. The zero-order valence-electron chi connectivity index (χ0n) is 24.3. The number of nitrogens with one attached hydrogen (secondary N) is 1. The van der Waals surface area contributed by atoms with Gasteiger partial charge in [-0.2, -0.15) is 0 Å². The highest BCUT2D eigenvalue weighted by atomic mass is 16.7. The van der Waals surface area contributed by atoms with Crippen LogP contribution in [-0.2, 0) is 49.5 Å². The number of rotatable bonds is 15. The van der Waals surface area contributed by atoms with E-state index in [0.717, 1.165) is 22.3 Å². The number of hydrogen-bond acceptors (Lipinski definition) is 9. The number of esters is 1. The van der Waals surface area contributed by atoms with Crippen molar-refractivity contribution >= 4 is 35.4 Å². The molecule has 1 unspecified atom stereocenters. The number of hydrogen-bond donors (Lipinski definition) is 1. The molecule has 1 atom stereocenters. The van der Waals surface area contributed by atoms with Gasteiger partial charge in [-0.1, -0.05) is 48.2 Å². The Bertz CT molecular complexity index is 1460. The van der Waals surface area contributed by atoms with Crippen molar-refractivity contribution in [1.82, 2.24) is 10.4 Å². The molecule has 3 amide bonds. The molecule has 2 aliphatic rings. The molecular weight excluding hydrogens is 568 g/mol. The van der Waals surface area contributed by atoms with E-state index in [4.69, 9.17) is 14.3 Å². The van der Waals surface area contributed by atoms with Gasteiger partial charge in [-0.15, -0.1) is 5.06 Å². The number of benzene rings is 2. The number of Topliss-reactive ketones (excluding diaryl/α,β-unsaturated/α-hetero) is 1. The minimum atomic E-state index is -0.812. The molecule has 11 heteroatoms. The van der Waals surface area contributed by atoms with Crippen LogP contribution in [0.2, 0.25) is 0 Å². The minimum Gasteiger partial charge on any atom is -0.457 e. The van der Waals surface area contributed by atoms with Gasteiger partial charge in [-0.05, 0) is 24.1 Å². The highest BCUT2D eigenvalue weighted by Crippen LogP contribution is 2.29. The zero-order valence-corrected chi connectivity index (χ0v) is 24.3. The predicted octanol–water partition coefficient (Wildman–Crippen LogP) is 2.88. The fourth-order valence-corrected chi connectivity index (χ4v) is 4.69. The van der Waals surface area contributed by atoms with E-state index < -0.39 is 29.9 Å². The Balaban J connectivity index is 1.07. The van der Waals surface area contributed by atoms with Crippen LogP contribution in [0.25, 0.3) is 0 Å². The first-order chi connectivity index (χ1) is 21.3. The summed E-state index contributed by atoms with van der Waals surface area (Å²) in [6.45, 7) is 0.756. The van der Waals surface area contributed by atoms with Crippen LogP contribution in [0.5, 0.6) is 0 Å². The standard InChI is InChI=1S/C33H34N2O9/c36-26(13-17-33(41)44-35-30(38)15-16-31(35)39)9-5-20-42-21-19-34-29(37)14-18-32(40)43-28-22-25-8-2-1-6-23(25)11-12-24-7-3-4-10-27(24)28/h1-4,6-8,10,28H,5,9,13-22H2,(H,34,37). The van der Waals surface area contributed by atoms with Gasteiger partial charge >= 0.3 is 11.9 Å². The van der Waals surface area contributed by atoms with E-state index in [1.165, 1.54) is 0 Å². The molecule has 0 bridgehead atoms. The van der Waals surface area contributed by atoms with Crippen molar-refractivity contribution in [2.24, 2.45) is 0 Å². The van der Waals surface area contributed by atoms with Gasteiger partial charge in [-0.3, -0.25) is 24.0 Å². The Hall–Kier alpha value is -4.82. The van der Waals surface area contributed by atoms with Crippen molar-refractivity contribution in [3.05, 3.63) is 70.8 Å². The highest BCUT2D eigenvalue weighted by Gasteiger charge is 2.32. The molecule has 0 radical (unpaired) electrons. The van der Waals surface area contributed by atoms with Gasteiger partial charge in [0.2, 0.25) is 5.91 Å². The summed E-state index contributed by atoms with van der Waals surface area (Å²) in [5, 5.41) is 3.15. The highest BCUT2D eigenvalue weighted by molar-refractivity contribution is 6.01. The van der Waals surface area contributed by atoms with Crippen LogP contribution in [-0.4, -0.2) is 60.3 Å². The summed E-state index contributed by atoms with van der Waals surface area (Å²) >= 11 is 0.